The van der Waals surface area contributed by atoms with Gasteiger partial charge in [-0.2, -0.15) is 0 Å². The highest BCUT2D eigenvalue weighted by atomic mass is 16.2. The number of nitrogens with one attached hydrogen (secondary N) is 2. The van der Waals surface area contributed by atoms with Crippen LogP contribution in [0.1, 0.15) is 19.4 Å². The third-order valence-corrected chi connectivity index (χ3v) is 4.77. The second kappa shape index (κ2) is 7.13. The molecule has 7 heteroatoms. The van der Waals surface area contributed by atoms with Crippen molar-refractivity contribution in [3.63, 3.8) is 0 Å². The first kappa shape index (κ1) is 17.3. The van der Waals surface area contributed by atoms with Crippen molar-refractivity contribution in [3.05, 3.63) is 35.9 Å². The van der Waals surface area contributed by atoms with Crippen molar-refractivity contribution in [2.24, 2.45) is 5.92 Å². The molecular weight excluding hydrogens is 320 g/mol. The number of urea groups is 1. The van der Waals surface area contributed by atoms with Gasteiger partial charge in [-0.3, -0.25) is 9.59 Å². The van der Waals surface area contributed by atoms with Gasteiger partial charge in [-0.15, -0.1) is 0 Å². The van der Waals surface area contributed by atoms with E-state index in [1.54, 1.807) is 9.80 Å². The summed E-state index contributed by atoms with van der Waals surface area (Å²) in [6.07, 6.45) is 0. The van der Waals surface area contributed by atoms with Crippen molar-refractivity contribution in [2.75, 3.05) is 19.6 Å². The number of carbonyl (C=O) groups excluding carboxylic acids is 3. The van der Waals surface area contributed by atoms with Crippen molar-refractivity contribution in [3.8, 4) is 0 Å². The maximum atomic E-state index is 12.5. The Balaban J connectivity index is 1.60. The number of nitrogens with zero attached hydrogens (tertiary/aromatic N) is 2. The zero-order chi connectivity index (χ0) is 18.0. The topological polar surface area (TPSA) is 81.8 Å². The van der Waals surface area contributed by atoms with E-state index < -0.39 is 12.1 Å². The van der Waals surface area contributed by atoms with Crippen LogP contribution >= 0.6 is 0 Å². The standard InChI is InChI=1S/C18H24N4O3/c1-12(2)15-17(24)22-9-8-21(11-14(22)16(23)20-15)18(25)19-10-13-6-4-3-5-7-13/h3-7,12,14-15H,8-11H2,1-2H3,(H,19,25)(H,20,23)/t14-,15-/m1/s1. The second-order valence-electron chi connectivity index (χ2n) is 6.87. The zero-order valence-electron chi connectivity index (χ0n) is 14.6. The summed E-state index contributed by atoms with van der Waals surface area (Å²) in [5, 5.41) is 5.66. The van der Waals surface area contributed by atoms with Gasteiger partial charge in [0, 0.05) is 19.6 Å². The fourth-order valence-electron chi connectivity index (χ4n) is 3.28. The summed E-state index contributed by atoms with van der Waals surface area (Å²) in [6.45, 7) is 5.31. The van der Waals surface area contributed by atoms with E-state index in [9.17, 15) is 14.4 Å². The molecule has 2 aliphatic heterocycles. The summed E-state index contributed by atoms with van der Waals surface area (Å²) in [7, 11) is 0. The average Bonchev–Trinajstić information content (AvgIpc) is 2.63. The molecule has 0 spiro atoms. The highest BCUT2D eigenvalue weighted by molar-refractivity contribution is 5.97. The fraction of sp³-hybridized carbons (Fsp3) is 0.500. The van der Waals surface area contributed by atoms with Crippen LogP contribution < -0.4 is 10.6 Å². The molecule has 25 heavy (non-hydrogen) atoms. The van der Waals surface area contributed by atoms with Crippen LogP contribution in [0.5, 0.6) is 0 Å². The molecule has 0 unspecified atom stereocenters. The molecule has 3 rings (SSSR count). The van der Waals surface area contributed by atoms with Gasteiger partial charge in [0.15, 0.2) is 0 Å². The van der Waals surface area contributed by atoms with E-state index in [4.69, 9.17) is 0 Å². The van der Waals surface area contributed by atoms with E-state index in [0.29, 0.717) is 19.6 Å². The molecule has 4 amide bonds. The van der Waals surface area contributed by atoms with Gasteiger partial charge < -0.3 is 20.4 Å². The summed E-state index contributed by atoms with van der Waals surface area (Å²) in [4.78, 5) is 40.5. The quantitative estimate of drug-likeness (QED) is 0.841. The summed E-state index contributed by atoms with van der Waals surface area (Å²) < 4.78 is 0. The van der Waals surface area contributed by atoms with E-state index in [-0.39, 0.29) is 30.3 Å². The monoisotopic (exact) mass is 344 g/mol. The molecule has 0 saturated carbocycles. The van der Waals surface area contributed by atoms with Crippen molar-refractivity contribution < 1.29 is 14.4 Å². The lowest BCUT2D eigenvalue weighted by molar-refractivity contribution is -0.153. The molecule has 2 heterocycles. The minimum Gasteiger partial charge on any atom is -0.342 e. The van der Waals surface area contributed by atoms with E-state index in [1.165, 1.54) is 0 Å². The van der Waals surface area contributed by atoms with E-state index >= 15 is 0 Å². The molecule has 134 valence electrons. The molecule has 1 aromatic carbocycles. The van der Waals surface area contributed by atoms with Gasteiger partial charge in [-0.1, -0.05) is 44.2 Å². The van der Waals surface area contributed by atoms with Crippen LogP contribution in [0.3, 0.4) is 0 Å². The third kappa shape index (κ3) is 3.60. The molecule has 1 aromatic rings. The molecule has 7 nitrogen and oxygen atoms in total. The fourth-order valence-corrected chi connectivity index (χ4v) is 3.28. The van der Waals surface area contributed by atoms with Crippen molar-refractivity contribution >= 4 is 17.8 Å². The number of rotatable bonds is 3. The minimum absolute atomic E-state index is 0.0459. The van der Waals surface area contributed by atoms with Crippen LogP contribution in [-0.2, 0) is 16.1 Å². The SMILES string of the molecule is CC(C)[C@H]1NC(=O)[C@H]2CN(C(=O)NCc3ccccc3)CCN2C1=O. The molecule has 2 fully saturated rings. The minimum atomic E-state index is -0.598. The van der Waals surface area contributed by atoms with Crippen LogP contribution in [-0.4, -0.2) is 59.4 Å². The van der Waals surface area contributed by atoms with Crippen LogP contribution in [0.15, 0.2) is 30.3 Å². The zero-order valence-corrected chi connectivity index (χ0v) is 14.6. The predicted octanol–water partition coefficient (Wildman–Crippen LogP) is 0.563. The Kier molecular flexibility index (Phi) is 4.92. The Morgan fingerprint density at radius 1 is 1.24 bits per heavy atom. The lowest BCUT2D eigenvalue weighted by Crippen LogP contribution is -2.70. The highest BCUT2D eigenvalue weighted by Gasteiger charge is 2.44. The predicted molar refractivity (Wildman–Crippen MR) is 92.5 cm³/mol. The Morgan fingerprint density at radius 2 is 1.96 bits per heavy atom. The number of fused-ring (bicyclic) bond motifs is 1. The summed E-state index contributed by atoms with van der Waals surface area (Å²) in [5.41, 5.74) is 1.01. The van der Waals surface area contributed by atoms with Gasteiger partial charge in [-0.25, -0.2) is 4.79 Å². The Hall–Kier alpha value is -2.57. The Bertz CT molecular complexity index is 662. The molecule has 0 aromatic heterocycles. The highest BCUT2D eigenvalue weighted by Crippen LogP contribution is 2.19. The number of piperazine rings is 2. The van der Waals surface area contributed by atoms with Crippen LogP contribution in [0.2, 0.25) is 0 Å². The number of hydrogen-bond acceptors (Lipinski definition) is 3. The number of benzene rings is 1. The van der Waals surface area contributed by atoms with Crippen LogP contribution in [0, 0.1) is 5.92 Å². The summed E-state index contributed by atoms with van der Waals surface area (Å²) >= 11 is 0. The van der Waals surface area contributed by atoms with Crippen molar-refractivity contribution in [1.29, 1.82) is 0 Å². The molecule has 2 N–H and O–H groups in total. The first-order chi connectivity index (χ1) is 12.0. The average molecular weight is 344 g/mol. The molecule has 0 aliphatic carbocycles. The molecule has 2 aliphatic rings. The maximum Gasteiger partial charge on any atom is 0.317 e. The van der Waals surface area contributed by atoms with Crippen molar-refractivity contribution in [2.45, 2.75) is 32.5 Å². The van der Waals surface area contributed by atoms with E-state index in [1.807, 2.05) is 44.2 Å². The number of hydrogen-bond donors (Lipinski definition) is 2. The lowest BCUT2D eigenvalue weighted by Gasteiger charge is -2.45. The summed E-state index contributed by atoms with van der Waals surface area (Å²) in [6, 6.07) is 8.37. The summed E-state index contributed by atoms with van der Waals surface area (Å²) in [5.74, 6) is -0.188. The van der Waals surface area contributed by atoms with Gasteiger partial charge in [0.25, 0.3) is 0 Å². The van der Waals surface area contributed by atoms with E-state index in [2.05, 4.69) is 10.6 Å². The van der Waals surface area contributed by atoms with Gasteiger partial charge in [0.05, 0.1) is 6.54 Å². The maximum absolute atomic E-state index is 12.5. The van der Waals surface area contributed by atoms with E-state index in [0.717, 1.165) is 5.56 Å². The van der Waals surface area contributed by atoms with Crippen LogP contribution in [0.4, 0.5) is 4.79 Å². The molecule has 0 bridgehead atoms. The van der Waals surface area contributed by atoms with Gasteiger partial charge in [0.1, 0.15) is 12.1 Å². The Morgan fingerprint density at radius 3 is 2.64 bits per heavy atom. The Labute approximate surface area is 147 Å². The normalized spacial score (nSPS) is 23.3. The van der Waals surface area contributed by atoms with Crippen molar-refractivity contribution in [1.82, 2.24) is 20.4 Å². The smallest absolute Gasteiger partial charge is 0.317 e. The van der Waals surface area contributed by atoms with Crippen LogP contribution in [0.25, 0.3) is 0 Å². The third-order valence-electron chi connectivity index (χ3n) is 4.77. The molecule has 2 saturated heterocycles. The number of carbonyl (C=O) groups is 3. The largest absolute Gasteiger partial charge is 0.342 e. The first-order valence-corrected chi connectivity index (χ1v) is 8.65. The lowest BCUT2D eigenvalue weighted by atomic mass is 9.96. The number of amides is 4. The second-order valence-corrected chi connectivity index (χ2v) is 6.87. The molecule has 2 atom stereocenters. The first-order valence-electron chi connectivity index (χ1n) is 8.65. The van der Waals surface area contributed by atoms with Gasteiger partial charge in [0.2, 0.25) is 11.8 Å². The van der Waals surface area contributed by atoms with Gasteiger partial charge >= 0.3 is 6.03 Å². The molecule has 0 radical (unpaired) electrons. The van der Waals surface area contributed by atoms with Gasteiger partial charge in [-0.05, 0) is 11.5 Å². The molecular formula is C18H24N4O3.